The number of nitrogens with zero attached hydrogens (tertiary/aromatic N) is 2. The van der Waals surface area contributed by atoms with E-state index in [1.165, 1.54) is 6.08 Å². The number of carbonyl (C=O) groups excluding carboxylic acids is 1. The van der Waals surface area contributed by atoms with Gasteiger partial charge in [-0.1, -0.05) is 12.1 Å². The summed E-state index contributed by atoms with van der Waals surface area (Å²) in [5.41, 5.74) is 1.41. The van der Waals surface area contributed by atoms with Gasteiger partial charge in [-0.2, -0.15) is 0 Å². The van der Waals surface area contributed by atoms with Crippen molar-refractivity contribution >= 4 is 18.0 Å². The van der Waals surface area contributed by atoms with E-state index in [-0.39, 0.29) is 5.91 Å². The van der Waals surface area contributed by atoms with E-state index in [9.17, 15) is 9.59 Å². The normalized spacial score (nSPS) is 16.9. The predicted molar refractivity (Wildman–Crippen MR) is 81.1 cm³/mol. The molecule has 1 N–H and O–H groups in total. The number of aliphatic carboxylic acids is 1. The standard InChI is InChI=1S/C16H20N2O3/c1-17-9-2-10-18(12-11-17)16(21)14-6-3-13(4-7-14)5-8-15(19)20/h3-8H,2,9-12H2,1H3,(H,19,20). The van der Waals surface area contributed by atoms with Crippen LogP contribution >= 0.6 is 0 Å². The van der Waals surface area contributed by atoms with Crippen LogP contribution in [-0.2, 0) is 4.79 Å². The van der Waals surface area contributed by atoms with Gasteiger partial charge in [0, 0.05) is 31.3 Å². The molecule has 1 fully saturated rings. The monoisotopic (exact) mass is 288 g/mol. The number of likely N-dealkylation sites (N-methyl/N-ethyl adjacent to an activating group) is 1. The number of carboxylic acids is 1. The lowest BCUT2D eigenvalue weighted by atomic mass is 10.1. The van der Waals surface area contributed by atoms with E-state index < -0.39 is 5.97 Å². The summed E-state index contributed by atoms with van der Waals surface area (Å²) in [5, 5.41) is 8.58. The Kier molecular flexibility index (Phi) is 5.11. The molecule has 1 saturated heterocycles. The first-order valence-electron chi connectivity index (χ1n) is 7.05. The van der Waals surface area contributed by atoms with Crippen molar-refractivity contribution in [2.75, 3.05) is 33.2 Å². The second kappa shape index (κ2) is 7.04. The van der Waals surface area contributed by atoms with E-state index in [1.807, 2.05) is 4.90 Å². The Morgan fingerprint density at radius 2 is 1.81 bits per heavy atom. The smallest absolute Gasteiger partial charge is 0.328 e. The highest BCUT2D eigenvalue weighted by atomic mass is 16.4. The van der Waals surface area contributed by atoms with Crippen LogP contribution in [0.1, 0.15) is 22.3 Å². The van der Waals surface area contributed by atoms with Crippen LogP contribution in [0.15, 0.2) is 30.3 Å². The third-order valence-electron chi connectivity index (χ3n) is 3.58. The van der Waals surface area contributed by atoms with Crippen molar-refractivity contribution in [1.29, 1.82) is 0 Å². The molecule has 1 heterocycles. The fraction of sp³-hybridized carbons (Fsp3) is 0.375. The molecule has 0 bridgehead atoms. The summed E-state index contributed by atoms with van der Waals surface area (Å²) < 4.78 is 0. The zero-order valence-electron chi connectivity index (χ0n) is 12.2. The first kappa shape index (κ1) is 15.3. The molecule has 112 valence electrons. The van der Waals surface area contributed by atoms with E-state index in [2.05, 4.69) is 11.9 Å². The Bertz CT molecular complexity index is 537. The van der Waals surface area contributed by atoms with Gasteiger partial charge in [0.2, 0.25) is 0 Å². The lowest BCUT2D eigenvalue weighted by Gasteiger charge is -2.20. The van der Waals surface area contributed by atoms with Gasteiger partial charge in [0.1, 0.15) is 0 Å². The number of carbonyl (C=O) groups is 2. The minimum atomic E-state index is -0.983. The summed E-state index contributed by atoms with van der Waals surface area (Å²) in [7, 11) is 2.07. The minimum Gasteiger partial charge on any atom is -0.478 e. The highest BCUT2D eigenvalue weighted by Gasteiger charge is 2.18. The molecule has 0 unspecified atom stereocenters. The van der Waals surface area contributed by atoms with Crippen LogP contribution in [0, 0.1) is 0 Å². The number of hydrogen-bond donors (Lipinski definition) is 1. The summed E-state index contributed by atoms with van der Waals surface area (Å²) in [4.78, 5) is 27.0. The maximum Gasteiger partial charge on any atom is 0.328 e. The van der Waals surface area contributed by atoms with Gasteiger partial charge in [-0.15, -0.1) is 0 Å². The Labute approximate surface area is 124 Å². The van der Waals surface area contributed by atoms with E-state index >= 15 is 0 Å². The molecule has 1 aromatic rings. The zero-order chi connectivity index (χ0) is 15.2. The first-order valence-corrected chi connectivity index (χ1v) is 7.05. The number of carboxylic acid groups (broad SMARTS) is 1. The van der Waals surface area contributed by atoms with Gasteiger partial charge in [-0.05, 0) is 43.8 Å². The second-order valence-corrected chi connectivity index (χ2v) is 5.24. The van der Waals surface area contributed by atoms with E-state index in [1.54, 1.807) is 24.3 Å². The predicted octanol–water partition coefficient (Wildman–Crippen LogP) is 1.56. The topological polar surface area (TPSA) is 60.9 Å². The third kappa shape index (κ3) is 4.43. The van der Waals surface area contributed by atoms with Gasteiger partial charge in [0.05, 0.1) is 0 Å². The molecule has 0 aromatic heterocycles. The van der Waals surface area contributed by atoms with Gasteiger partial charge in [-0.3, -0.25) is 4.79 Å². The molecular formula is C16H20N2O3. The van der Waals surface area contributed by atoms with Crippen molar-refractivity contribution in [3.05, 3.63) is 41.5 Å². The molecule has 1 aliphatic rings. The number of amides is 1. The van der Waals surface area contributed by atoms with Crippen molar-refractivity contribution in [3.63, 3.8) is 0 Å². The van der Waals surface area contributed by atoms with Crippen molar-refractivity contribution in [1.82, 2.24) is 9.80 Å². The summed E-state index contributed by atoms with van der Waals surface area (Å²) in [6.07, 6.45) is 3.58. The zero-order valence-corrected chi connectivity index (χ0v) is 12.2. The van der Waals surface area contributed by atoms with Crippen LogP contribution in [0.3, 0.4) is 0 Å². The summed E-state index contributed by atoms with van der Waals surface area (Å²) in [6.45, 7) is 3.44. The SMILES string of the molecule is CN1CCCN(C(=O)c2ccc(C=CC(=O)O)cc2)CC1. The fourth-order valence-corrected chi connectivity index (χ4v) is 2.34. The summed E-state index contributed by atoms with van der Waals surface area (Å²) in [5.74, 6) is -0.942. The van der Waals surface area contributed by atoms with E-state index in [0.717, 1.165) is 44.2 Å². The molecule has 2 rings (SSSR count). The lowest BCUT2D eigenvalue weighted by Crippen LogP contribution is -2.34. The van der Waals surface area contributed by atoms with Crippen molar-refractivity contribution < 1.29 is 14.7 Å². The van der Waals surface area contributed by atoms with Gasteiger partial charge < -0.3 is 14.9 Å². The molecular weight excluding hydrogens is 268 g/mol. The molecule has 1 aliphatic heterocycles. The highest BCUT2D eigenvalue weighted by Crippen LogP contribution is 2.11. The van der Waals surface area contributed by atoms with Crippen LogP contribution in [-0.4, -0.2) is 60.0 Å². The van der Waals surface area contributed by atoms with E-state index in [4.69, 9.17) is 5.11 Å². The third-order valence-corrected chi connectivity index (χ3v) is 3.58. The molecule has 0 atom stereocenters. The van der Waals surface area contributed by atoms with Crippen LogP contribution in [0.2, 0.25) is 0 Å². The second-order valence-electron chi connectivity index (χ2n) is 5.24. The minimum absolute atomic E-state index is 0.0408. The van der Waals surface area contributed by atoms with Gasteiger partial charge in [-0.25, -0.2) is 4.79 Å². The number of rotatable bonds is 3. The molecule has 0 saturated carbocycles. The molecule has 5 heteroatoms. The molecule has 0 spiro atoms. The number of hydrogen-bond acceptors (Lipinski definition) is 3. The lowest BCUT2D eigenvalue weighted by molar-refractivity contribution is -0.131. The summed E-state index contributed by atoms with van der Waals surface area (Å²) >= 11 is 0. The Morgan fingerprint density at radius 3 is 2.48 bits per heavy atom. The summed E-state index contributed by atoms with van der Waals surface area (Å²) in [6, 6.07) is 7.02. The fourth-order valence-electron chi connectivity index (χ4n) is 2.34. The largest absolute Gasteiger partial charge is 0.478 e. The van der Waals surface area contributed by atoms with Crippen LogP contribution in [0.4, 0.5) is 0 Å². The Morgan fingerprint density at radius 1 is 1.10 bits per heavy atom. The maximum absolute atomic E-state index is 12.4. The van der Waals surface area contributed by atoms with Crippen LogP contribution in [0.5, 0.6) is 0 Å². The van der Waals surface area contributed by atoms with Crippen molar-refractivity contribution in [2.24, 2.45) is 0 Å². The van der Waals surface area contributed by atoms with E-state index in [0.29, 0.717) is 5.56 Å². The Balaban J connectivity index is 2.04. The molecule has 1 amide bonds. The average Bonchev–Trinajstić information content (AvgIpc) is 2.69. The average molecular weight is 288 g/mol. The first-order chi connectivity index (χ1) is 10.1. The Hall–Kier alpha value is -2.14. The van der Waals surface area contributed by atoms with Crippen LogP contribution in [0.25, 0.3) is 6.08 Å². The van der Waals surface area contributed by atoms with Crippen molar-refractivity contribution in [3.8, 4) is 0 Å². The van der Waals surface area contributed by atoms with Gasteiger partial charge >= 0.3 is 5.97 Å². The number of benzene rings is 1. The quantitative estimate of drug-likeness (QED) is 0.858. The molecule has 0 aliphatic carbocycles. The van der Waals surface area contributed by atoms with Gasteiger partial charge in [0.25, 0.3) is 5.91 Å². The molecule has 21 heavy (non-hydrogen) atoms. The molecule has 0 radical (unpaired) electrons. The maximum atomic E-state index is 12.4. The van der Waals surface area contributed by atoms with Crippen LogP contribution < -0.4 is 0 Å². The van der Waals surface area contributed by atoms with Gasteiger partial charge in [0.15, 0.2) is 0 Å². The highest BCUT2D eigenvalue weighted by molar-refractivity contribution is 5.94. The van der Waals surface area contributed by atoms with Crippen molar-refractivity contribution in [2.45, 2.75) is 6.42 Å². The molecule has 5 nitrogen and oxygen atoms in total. The molecule has 1 aromatic carbocycles.